The molecule has 1 aromatic heterocycles. The number of aromatic nitrogens is 1. The molecule has 23 heavy (non-hydrogen) atoms. The first-order valence-corrected chi connectivity index (χ1v) is 8.10. The van der Waals surface area contributed by atoms with Crippen molar-refractivity contribution in [3.8, 4) is 0 Å². The summed E-state index contributed by atoms with van der Waals surface area (Å²) < 4.78 is 6.12. The molecule has 0 aliphatic carbocycles. The molecule has 0 aliphatic rings. The summed E-state index contributed by atoms with van der Waals surface area (Å²) in [6.07, 6.45) is 0.605. The van der Waals surface area contributed by atoms with Crippen LogP contribution in [-0.4, -0.2) is 41.2 Å². The molecule has 2 N–H and O–H groups in total. The molecule has 1 heterocycles. The predicted molar refractivity (Wildman–Crippen MR) is 88.6 cm³/mol. The van der Waals surface area contributed by atoms with E-state index in [1.54, 1.807) is 18.3 Å². The molecule has 0 bridgehead atoms. The minimum atomic E-state index is -0.976. The highest BCUT2D eigenvalue weighted by Gasteiger charge is 2.29. The highest BCUT2D eigenvalue weighted by Crippen LogP contribution is 2.22. The van der Waals surface area contributed by atoms with Gasteiger partial charge in [-0.15, -0.1) is 11.3 Å². The van der Waals surface area contributed by atoms with E-state index in [-0.39, 0.29) is 25.4 Å². The number of carboxylic acid groups (broad SMARTS) is 1. The van der Waals surface area contributed by atoms with Gasteiger partial charge in [-0.3, -0.25) is 9.59 Å². The Balaban J connectivity index is 1.94. The maximum absolute atomic E-state index is 12.1. The largest absolute Gasteiger partial charge is 0.481 e. The van der Waals surface area contributed by atoms with Crippen LogP contribution in [0.25, 0.3) is 10.2 Å². The standard InChI is InChI=1S/C16H20N2O4S/c1-16(10-22-2,9-15(20)21)18-13(19)7-8-14-17-11-5-3-4-6-12(11)23-14/h3-6H,7-10H2,1-2H3,(H,18,19)(H,20,21)/t16-/m0/s1. The summed E-state index contributed by atoms with van der Waals surface area (Å²) in [7, 11) is 1.48. The summed E-state index contributed by atoms with van der Waals surface area (Å²) >= 11 is 1.57. The maximum Gasteiger partial charge on any atom is 0.305 e. The van der Waals surface area contributed by atoms with E-state index in [2.05, 4.69) is 10.3 Å². The number of aryl methyl sites for hydroxylation is 1. The molecule has 2 aromatic rings. The van der Waals surface area contributed by atoms with Crippen LogP contribution < -0.4 is 5.32 Å². The van der Waals surface area contributed by atoms with Gasteiger partial charge >= 0.3 is 5.97 Å². The van der Waals surface area contributed by atoms with Gasteiger partial charge in [-0.2, -0.15) is 0 Å². The third-order valence-electron chi connectivity index (χ3n) is 3.35. The Kier molecular flexibility index (Phi) is 5.68. The lowest BCUT2D eigenvalue weighted by Crippen LogP contribution is -2.50. The van der Waals surface area contributed by atoms with Crippen LogP contribution in [0.5, 0.6) is 0 Å². The molecular weight excluding hydrogens is 316 g/mol. The number of thiazole rings is 1. The fourth-order valence-corrected chi connectivity index (χ4v) is 3.40. The number of hydrogen-bond donors (Lipinski definition) is 2. The number of carbonyl (C=O) groups excluding carboxylic acids is 1. The topological polar surface area (TPSA) is 88.5 Å². The Hall–Kier alpha value is -1.99. The quantitative estimate of drug-likeness (QED) is 0.772. The summed E-state index contributed by atoms with van der Waals surface area (Å²) in [5.41, 5.74) is 0.0219. The number of carbonyl (C=O) groups is 2. The molecule has 2 rings (SSSR count). The van der Waals surface area contributed by atoms with Crippen LogP contribution in [0.15, 0.2) is 24.3 Å². The Bertz CT molecular complexity index is 667. The molecule has 0 saturated heterocycles. The summed E-state index contributed by atoms with van der Waals surface area (Å²) in [6.45, 7) is 1.81. The van der Waals surface area contributed by atoms with Gasteiger partial charge in [-0.1, -0.05) is 12.1 Å². The number of carboxylic acids is 1. The van der Waals surface area contributed by atoms with Crippen LogP contribution in [-0.2, 0) is 20.7 Å². The number of nitrogens with zero attached hydrogens (tertiary/aromatic N) is 1. The first kappa shape index (κ1) is 17.4. The zero-order chi connectivity index (χ0) is 16.9. The number of aliphatic carboxylic acids is 1. The van der Waals surface area contributed by atoms with E-state index in [1.807, 2.05) is 24.3 Å². The van der Waals surface area contributed by atoms with E-state index in [4.69, 9.17) is 9.84 Å². The molecule has 7 heteroatoms. The number of hydrogen-bond acceptors (Lipinski definition) is 5. The third kappa shape index (κ3) is 5.01. The Morgan fingerprint density at radius 2 is 2.13 bits per heavy atom. The van der Waals surface area contributed by atoms with E-state index in [9.17, 15) is 9.59 Å². The van der Waals surface area contributed by atoms with E-state index < -0.39 is 11.5 Å². The number of fused-ring (bicyclic) bond motifs is 1. The molecule has 6 nitrogen and oxygen atoms in total. The molecule has 0 spiro atoms. The van der Waals surface area contributed by atoms with Crippen molar-refractivity contribution >= 4 is 33.4 Å². The Morgan fingerprint density at radius 3 is 2.78 bits per heavy atom. The van der Waals surface area contributed by atoms with Crippen LogP contribution >= 0.6 is 11.3 Å². The minimum Gasteiger partial charge on any atom is -0.481 e. The second kappa shape index (κ2) is 7.52. The molecule has 1 atom stereocenters. The Labute approximate surface area is 138 Å². The highest BCUT2D eigenvalue weighted by molar-refractivity contribution is 7.18. The van der Waals surface area contributed by atoms with Gasteiger partial charge in [0.25, 0.3) is 0 Å². The zero-order valence-electron chi connectivity index (χ0n) is 13.2. The van der Waals surface area contributed by atoms with Crippen molar-refractivity contribution in [2.75, 3.05) is 13.7 Å². The van der Waals surface area contributed by atoms with Crippen molar-refractivity contribution in [2.45, 2.75) is 31.7 Å². The van der Waals surface area contributed by atoms with E-state index >= 15 is 0 Å². The lowest BCUT2D eigenvalue weighted by molar-refractivity contribution is -0.139. The molecule has 0 aliphatic heterocycles. The van der Waals surface area contributed by atoms with Gasteiger partial charge in [0.1, 0.15) is 0 Å². The predicted octanol–water partition coefficient (Wildman–Crippen LogP) is 2.22. The van der Waals surface area contributed by atoms with Crippen molar-refractivity contribution < 1.29 is 19.4 Å². The smallest absolute Gasteiger partial charge is 0.305 e. The fraction of sp³-hybridized carbons (Fsp3) is 0.438. The van der Waals surface area contributed by atoms with Gasteiger partial charge in [0.2, 0.25) is 5.91 Å². The Morgan fingerprint density at radius 1 is 1.39 bits per heavy atom. The number of benzene rings is 1. The number of amides is 1. The molecule has 0 saturated carbocycles. The highest BCUT2D eigenvalue weighted by atomic mass is 32.1. The van der Waals surface area contributed by atoms with Crippen molar-refractivity contribution in [1.29, 1.82) is 0 Å². The van der Waals surface area contributed by atoms with Gasteiger partial charge in [-0.05, 0) is 19.1 Å². The van der Waals surface area contributed by atoms with Crippen LogP contribution in [0.2, 0.25) is 0 Å². The summed E-state index contributed by atoms with van der Waals surface area (Å²) in [5, 5.41) is 12.6. The zero-order valence-corrected chi connectivity index (χ0v) is 14.0. The lowest BCUT2D eigenvalue weighted by Gasteiger charge is -2.28. The summed E-state index contributed by atoms with van der Waals surface area (Å²) in [5.74, 6) is -1.18. The first-order chi connectivity index (χ1) is 10.9. The molecular formula is C16H20N2O4S. The molecule has 0 radical (unpaired) electrons. The van der Waals surface area contributed by atoms with E-state index in [1.165, 1.54) is 7.11 Å². The SMILES string of the molecule is COC[C@](C)(CC(=O)O)NC(=O)CCc1nc2ccccc2s1. The second-order valence-corrected chi connectivity index (χ2v) is 6.80. The van der Waals surface area contributed by atoms with Gasteiger partial charge in [0.15, 0.2) is 0 Å². The van der Waals surface area contributed by atoms with Crippen molar-refractivity contribution in [3.63, 3.8) is 0 Å². The maximum atomic E-state index is 12.1. The number of nitrogens with one attached hydrogen (secondary N) is 1. The van der Waals surface area contributed by atoms with Gasteiger partial charge in [0.05, 0.1) is 33.8 Å². The van der Waals surface area contributed by atoms with Gasteiger partial charge < -0.3 is 15.2 Å². The third-order valence-corrected chi connectivity index (χ3v) is 4.45. The molecule has 0 unspecified atom stereocenters. The normalized spacial score (nSPS) is 13.7. The van der Waals surface area contributed by atoms with Crippen LogP contribution in [0.4, 0.5) is 0 Å². The molecule has 1 aromatic carbocycles. The monoisotopic (exact) mass is 336 g/mol. The molecule has 0 fully saturated rings. The number of methoxy groups -OCH3 is 1. The number of para-hydroxylation sites is 1. The van der Waals surface area contributed by atoms with Gasteiger partial charge in [-0.25, -0.2) is 4.98 Å². The van der Waals surface area contributed by atoms with Crippen molar-refractivity contribution in [3.05, 3.63) is 29.3 Å². The number of ether oxygens (including phenoxy) is 1. The first-order valence-electron chi connectivity index (χ1n) is 7.28. The van der Waals surface area contributed by atoms with Crippen molar-refractivity contribution in [1.82, 2.24) is 10.3 Å². The summed E-state index contributed by atoms with van der Waals surface area (Å²) in [4.78, 5) is 27.5. The van der Waals surface area contributed by atoms with E-state index in [0.717, 1.165) is 15.2 Å². The molecule has 124 valence electrons. The van der Waals surface area contributed by atoms with Crippen LogP contribution in [0.3, 0.4) is 0 Å². The average Bonchev–Trinajstić information content (AvgIpc) is 2.87. The average molecular weight is 336 g/mol. The number of rotatable bonds is 8. The minimum absolute atomic E-state index is 0.145. The molecule has 1 amide bonds. The lowest BCUT2D eigenvalue weighted by atomic mass is 9.98. The van der Waals surface area contributed by atoms with Crippen molar-refractivity contribution in [2.24, 2.45) is 0 Å². The fourth-order valence-electron chi connectivity index (χ4n) is 2.43. The van der Waals surface area contributed by atoms with Gasteiger partial charge in [0, 0.05) is 20.0 Å². The summed E-state index contributed by atoms with van der Waals surface area (Å²) in [6, 6.07) is 7.83. The van der Waals surface area contributed by atoms with Crippen LogP contribution in [0, 0.1) is 0 Å². The van der Waals surface area contributed by atoms with Crippen LogP contribution in [0.1, 0.15) is 24.8 Å². The second-order valence-electron chi connectivity index (χ2n) is 5.69. The van der Waals surface area contributed by atoms with E-state index in [0.29, 0.717) is 6.42 Å².